The minimum Gasteiger partial charge on any atom is -0.365 e. The van der Waals surface area contributed by atoms with E-state index in [9.17, 15) is 4.79 Å². The molecule has 1 fully saturated rings. The Morgan fingerprint density at radius 1 is 1.42 bits per heavy atom. The second kappa shape index (κ2) is 6.06. The lowest BCUT2D eigenvalue weighted by Gasteiger charge is -2.30. The van der Waals surface area contributed by atoms with E-state index in [1.807, 2.05) is 44.2 Å². The zero-order chi connectivity index (χ0) is 13.9. The number of rotatable bonds is 4. The van der Waals surface area contributed by atoms with Crippen molar-refractivity contribution in [3.8, 4) is 0 Å². The van der Waals surface area contributed by atoms with Gasteiger partial charge in [-0.2, -0.15) is 0 Å². The highest BCUT2D eigenvalue weighted by Gasteiger charge is 2.34. The minimum atomic E-state index is -0.409. The predicted molar refractivity (Wildman–Crippen MR) is 79.3 cm³/mol. The van der Waals surface area contributed by atoms with Crippen LogP contribution >= 0.6 is 15.9 Å². The number of halogens is 1. The third-order valence-corrected chi connectivity index (χ3v) is 4.72. The Labute approximate surface area is 122 Å². The average molecular weight is 326 g/mol. The number of alkyl halides is 1. The highest BCUT2D eigenvalue weighted by molar-refractivity contribution is 9.09. The van der Waals surface area contributed by atoms with Crippen LogP contribution < -0.4 is 5.32 Å². The van der Waals surface area contributed by atoms with Gasteiger partial charge in [-0.1, -0.05) is 46.3 Å². The van der Waals surface area contributed by atoms with Crippen molar-refractivity contribution in [2.24, 2.45) is 0 Å². The molecule has 1 amide bonds. The van der Waals surface area contributed by atoms with Crippen molar-refractivity contribution >= 4 is 21.8 Å². The Bertz CT molecular complexity index is 437. The Morgan fingerprint density at radius 3 is 2.63 bits per heavy atom. The Balaban J connectivity index is 2.08. The first-order chi connectivity index (χ1) is 9.05. The predicted octanol–water partition coefficient (Wildman–Crippen LogP) is 2.98. The Hall–Kier alpha value is -0.870. The number of benzene rings is 1. The van der Waals surface area contributed by atoms with E-state index < -0.39 is 5.54 Å². The summed E-state index contributed by atoms with van der Waals surface area (Å²) < 4.78 is 5.62. The van der Waals surface area contributed by atoms with E-state index in [1.165, 1.54) is 0 Å². The Kier molecular flexibility index (Phi) is 4.63. The fourth-order valence-corrected chi connectivity index (χ4v) is 2.80. The van der Waals surface area contributed by atoms with Crippen LogP contribution in [0.15, 0.2) is 30.3 Å². The second-order valence-corrected chi connectivity index (χ2v) is 5.89. The molecule has 1 aromatic rings. The molecule has 1 aromatic carbocycles. The molecule has 0 saturated carbocycles. The number of amides is 1. The monoisotopic (exact) mass is 325 g/mol. The van der Waals surface area contributed by atoms with Gasteiger partial charge in [-0.15, -0.1) is 0 Å². The molecule has 0 radical (unpaired) electrons. The summed E-state index contributed by atoms with van der Waals surface area (Å²) >= 11 is 3.50. The molecule has 0 bridgehead atoms. The summed E-state index contributed by atoms with van der Waals surface area (Å²) in [5, 5.41) is 3.78. The van der Waals surface area contributed by atoms with E-state index in [1.54, 1.807) is 0 Å². The zero-order valence-electron chi connectivity index (χ0n) is 11.4. The first kappa shape index (κ1) is 14.5. The molecule has 104 valence electrons. The van der Waals surface area contributed by atoms with Crippen LogP contribution in [0.1, 0.15) is 32.3 Å². The van der Waals surface area contributed by atoms with Gasteiger partial charge in [0.15, 0.2) is 0 Å². The third-order valence-electron chi connectivity index (χ3n) is 3.60. The summed E-state index contributed by atoms with van der Waals surface area (Å²) in [6, 6.07) is 9.99. The van der Waals surface area contributed by atoms with Crippen LogP contribution in [0, 0.1) is 0 Å². The normalized spacial score (nSPS) is 25.8. The van der Waals surface area contributed by atoms with Crippen molar-refractivity contribution in [3.63, 3.8) is 0 Å². The van der Waals surface area contributed by atoms with Crippen LogP contribution in [0.4, 0.5) is 0 Å². The summed E-state index contributed by atoms with van der Waals surface area (Å²) in [6.07, 6.45) is 1.63. The number of hydrogen-bond donors (Lipinski definition) is 1. The lowest BCUT2D eigenvalue weighted by Crippen LogP contribution is -2.48. The van der Waals surface area contributed by atoms with Crippen LogP contribution in [0.3, 0.4) is 0 Å². The summed E-state index contributed by atoms with van der Waals surface area (Å²) in [5.74, 6) is -0.0184. The molecule has 4 heteroatoms. The molecule has 1 heterocycles. The summed E-state index contributed by atoms with van der Waals surface area (Å²) in [5.41, 5.74) is 0.680. The van der Waals surface area contributed by atoms with Gasteiger partial charge in [0.2, 0.25) is 5.91 Å². The van der Waals surface area contributed by atoms with Crippen molar-refractivity contribution in [2.45, 2.75) is 44.4 Å². The summed E-state index contributed by atoms with van der Waals surface area (Å²) in [6.45, 7) is 4.03. The molecule has 1 saturated heterocycles. The van der Waals surface area contributed by atoms with Crippen LogP contribution in [0.5, 0.6) is 0 Å². The molecule has 3 unspecified atom stereocenters. The third kappa shape index (κ3) is 3.37. The fourth-order valence-electron chi connectivity index (χ4n) is 2.34. The van der Waals surface area contributed by atoms with Crippen molar-refractivity contribution in [3.05, 3.63) is 35.9 Å². The maximum Gasteiger partial charge on any atom is 0.249 e. The van der Waals surface area contributed by atoms with Gasteiger partial charge in [0.1, 0.15) is 6.10 Å². The average Bonchev–Trinajstić information content (AvgIpc) is 2.86. The van der Waals surface area contributed by atoms with E-state index >= 15 is 0 Å². The van der Waals surface area contributed by atoms with E-state index in [-0.39, 0.29) is 18.1 Å². The van der Waals surface area contributed by atoms with Crippen molar-refractivity contribution in [2.75, 3.05) is 5.33 Å². The zero-order valence-corrected chi connectivity index (χ0v) is 12.9. The smallest absolute Gasteiger partial charge is 0.249 e. The number of carbonyl (C=O) groups is 1. The maximum atomic E-state index is 12.3. The first-order valence-corrected chi connectivity index (χ1v) is 7.76. The molecule has 1 aliphatic heterocycles. The van der Waals surface area contributed by atoms with Crippen molar-refractivity contribution < 1.29 is 9.53 Å². The topological polar surface area (TPSA) is 38.3 Å². The van der Waals surface area contributed by atoms with Crippen LogP contribution in [-0.4, -0.2) is 23.4 Å². The van der Waals surface area contributed by atoms with Gasteiger partial charge in [0.25, 0.3) is 0 Å². The Morgan fingerprint density at radius 2 is 2.11 bits per heavy atom. The molecule has 0 aromatic heterocycles. The first-order valence-electron chi connectivity index (χ1n) is 6.64. The van der Waals surface area contributed by atoms with Gasteiger partial charge < -0.3 is 10.1 Å². The van der Waals surface area contributed by atoms with Gasteiger partial charge in [-0.25, -0.2) is 0 Å². The van der Waals surface area contributed by atoms with E-state index in [0.29, 0.717) is 5.33 Å². The number of ether oxygens (including phenoxy) is 1. The van der Waals surface area contributed by atoms with E-state index in [2.05, 4.69) is 21.2 Å². The van der Waals surface area contributed by atoms with Gasteiger partial charge in [-0.3, -0.25) is 4.79 Å². The quantitative estimate of drug-likeness (QED) is 0.864. The maximum absolute atomic E-state index is 12.3. The molecular weight excluding hydrogens is 306 g/mol. The van der Waals surface area contributed by atoms with E-state index in [4.69, 9.17) is 4.74 Å². The minimum absolute atomic E-state index is 0.0184. The lowest BCUT2D eigenvalue weighted by atomic mass is 9.94. The largest absolute Gasteiger partial charge is 0.365 e. The van der Waals surface area contributed by atoms with Gasteiger partial charge >= 0.3 is 0 Å². The van der Waals surface area contributed by atoms with E-state index in [0.717, 1.165) is 18.4 Å². The summed E-state index contributed by atoms with van der Waals surface area (Å²) in [7, 11) is 0. The van der Waals surface area contributed by atoms with Crippen LogP contribution in [0.2, 0.25) is 0 Å². The number of nitrogens with one attached hydrogen (secondary N) is 1. The molecule has 3 atom stereocenters. The van der Waals surface area contributed by atoms with Crippen LogP contribution in [-0.2, 0) is 15.1 Å². The lowest BCUT2D eigenvalue weighted by molar-refractivity contribution is -0.133. The summed E-state index contributed by atoms with van der Waals surface area (Å²) in [4.78, 5) is 12.3. The molecule has 0 spiro atoms. The van der Waals surface area contributed by atoms with Crippen molar-refractivity contribution in [1.29, 1.82) is 0 Å². The SMILES string of the molecule is CC1CCC(C(=O)NC(C)(CBr)c2ccccc2)O1. The highest BCUT2D eigenvalue weighted by Crippen LogP contribution is 2.25. The molecule has 3 nitrogen and oxygen atoms in total. The van der Waals surface area contributed by atoms with Gasteiger partial charge in [-0.05, 0) is 32.3 Å². The molecule has 0 aliphatic carbocycles. The van der Waals surface area contributed by atoms with Gasteiger partial charge in [0, 0.05) is 5.33 Å². The number of hydrogen-bond acceptors (Lipinski definition) is 2. The number of carbonyl (C=O) groups excluding carboxylic acids is 1. The molecule has 19 heavy (non-hydrogen) atoms. The second-order valence-electron chi connectivity index (χ2n) is 5.33. The highest BCUT2D eigenvalue weighted by atomic mass is 79.9. The van der Waals surface area contributed by atoms with Crippen molar-refractivity contribution in [1.82, 2.24) is 5.32 Å². The molecular formula is C15H20BrNO2. The standard InChI is InChI=1S/C15H20BrNO2/c1-11-8-9-13(19-11)14(18)17-15(2,10-16)12-6-4-3-5-7-12/h3-7,11,13H,8-10H2,1-2H3,(H,17,18). The molecule has 1 N–H and O–H groups in total. The van der Waals surface area contributed by atoms with Gasteiger partial charge in [0.05, 0.1) is 11.6 Å². The molecule has 1 aliphatic rings. The van der Waals surface area contributed by atoms with Crippen LogP contribution in [0.25, 0.3) is 0 Å². The molecule has 2 rings (SSSR count). The fraction of sp³-hybridized carbons (Fsp3) is 0.533.